The fourth-order valence-corrected chi connectivity index (χ4v) is 3.63. The Balaban J connectivity index is 1.66. The lowest BCUT2D eigenvalue weighted by molar-refractivity contribution is -0.121. The number of aryl methyl sites for hydroxylation is 1. The van der Waals surface area contributed by atoms with E-state index in [0.717, 1.165) is 18.4 Å². The summed E-state index contributed by atoms with van der Waals surface area (Å²) in [7, 11) is 0. The van der Waals surface area contributed by atoms with Gasteiger partial charge in [-0.2, -0.15) is 0 Å². The first-order valence-corrected chi connectivity index (χ1v) is 8.84. The highest BCUT2D eigenvalue weighted by atomic mass is 16.2. The lowest BCUT2D eigenvalue weighted by atomic mass is 9.96. The number of nitrogens with one attached hydrogen (secondary N) is 1. The average Bonchev–Trinajstić information content (AvgIpc) is 2.77. The van der Waals surface area contributed by atoms with Crippen LogP contribution >= 0.6 is 0 Å². The first-order chi connectivity index (χ1) is 11.1. The van der Waals surface area contributed by atoms with E-state index in [2.05, 4.69) is 5.32 Å². The van der Waals surface area contributed by atoms with E-state index in [1.54, 1.807) is 0 Å². The quantitative estimate of drug-likeness (QED) is 0.871. The molecule has 2 aliphatic rings. The minimum absolute atomic E-state index is 0.0952. The van der Waals surface area contributed by atoms with E-state index in [1.807, 2.05) is 31.2 Å². The Morgan fingerprint density at radius 3 is 2.22 bits per heavy atom. The van der Waals surface area contributed by atoms with Crippen LogP contribution in [0.2, 0.25) is 0 Å². The number of rotatable bonds is 3. The van der Waals surface area contributed by atoms with Gasteiger partial charge in [0.1, 0.15) is 0 Å². The third-order valence-electron chi connectivity index (χ3n) is 4.98. The molecule has 2 fully saturated rings. The number of benzene rings is 1. The highest BCUT2D eigenvalue weighted by Crippen LogP contribution is 2.25. The third-order valence-corrected chi connectivity index (χ3v) is 4.98. The van der Waals surface area contributed by atoms with Crippen molar-refractivity contribution in [2.45, 2.75) is 70.4 Å². The SMILES string of the molecule is Cc1ccc(N2C(=O)C[C@H](NC3CCCCCCC3)C2=O)cc1. The average molecular weight is 314 g/mol. The summed E-state index contributed by atoms with van der Waals surface area (Å²) < 4.78 is 0. The van der Waals surface area contributed by atoms with Crippen LogP contribution in [0.5, 0.6) is 0 Å². The molecule has 1 heterocycles. The zero-order valence-corrected chi connectivity index (χ0v) is 13.9. The lowest BCUT2D eigenvalue weighted by Gasteiger charge is -2.24. The Morgan fingerprint density at radius 1 is 0.957 bits per heavy atom. The van der Waals surface area contributed by atoms with Gasteiger partial charge in [-0.25, -0.2) is 4.90 Å². The molecule has 1 aliphatic heterocycles. The fourth-order valence-electron chi connectivity index (χ4n) is 3.63. The van der Waals surface area contributed by atoms with Gasteiger partial charge < -0.3 is 5.32 Å². The summed E-state index contributed by atoms with van der Waals surface area (Å²) in [4.78, 5) is 26.3. The van der Waals surface area contributed by atoms with Crippen LogP contribution in [0.4, 0.5) is 5.69 Å². The molecular weight excluding hydrogens is 288 g/mol. The zero-order valence-electron chi connectivity index (χ0n) is 13.9. The monoisotopic (exact) mass is 314 g/mol. The highest BCUT2D eigenvalue weighted by molar-refractivity contribution is 6.22. The van der Waals surface area contributed by atoms with Crippen LogP contribution in [0.25, 0.3) is 0 Å². The fraction of sp³-hybridized carbons (Fsp3) is 0.579. The number of nitrogens with zero attached hydrogens (tertiary/aromatic N) is 1. The van der Waals surface area contributed by atoms with Crippen molar-refractivity contribution in [2.24, 2.45) is 0 Å². The molecule has 1 saturated carbocycles. The molecule has 0 unspecified atom stereocenters. The summed E-state index contributed by atoms with van der Waals surface area (Å²) in [5, 5.41) is 3.46. The van der Waals surface area contributed by atoms with Gasteiger partial charge in [0.2, 0.25) is 5.91 Å². The minimum atomic E-state index is -0.353. The van der Waals surface area contributed by atoms with Crippen molar-refractivity contribution in [2.75, 3.05) is 4.90 Å². The second-order valence-electron chi connectivity index (χ2n) is 6.87. The van der Waals surface area contributed by atoms with Crippen LogP contribution in [0, 0.1) is 6.92 Å². The van der Waals surface area contributed by atoms with Gasteiger partial charge in [0.25, 0.3) is 5.91 Å². The van der Waals surface area contributed by atoms with Crippen LogP contribution in [0.15, 0.2) is 24.3 Å². The molecule has 3 rings (SSSR count). The van der Waals surface area contributed by atoms with E-state index < -0.39 is 0 Å². The lowest BCUT2D eigenvalue weighted by Crippen LogP contribution is -2.44. The van der Waals surface area contributed by atoms with E-state index >= 15 is 0 Å². The molecule has 0 bridgehead atoms. The van der Waals surface area contributed by atoms with E-state index in [1.165, 1.54) is 37.0 Å². The van der Waals surface area contributed by atoms with E-state index in [-0.39, 0.29) is 24.3 Å². The Labute approximate surface area is 138 Å². The van der Waals surface area contributed by atoms with Crippen LogP contribution in [-0.4, -0.2) is 23.9 Å². The van der Waals surface area contributed by atoms with Crippen LogP contribution in [0.1, 0.15) is 56.9 Å². The number of hydrogen-bond donors (Lipinski definition) is 1. The Kier molecular flexibility index (Phi) is 5.11. The molecule has 1 atom stereocenters. The molecule has 124 valence electrons. The number of imide groups is 1. The van der Waals surface area contributed by atoms with Crippen molar-refractivity contribution >= 4 is 17.5 Å². The topological polar surface area (TPSA) is 49.4 Å². The molecule has 0 aromatic heterocycles. The second-order valence-corrected chi connectivity index (χ2v) is 6.87. The van der Waals surface area contributed by atoms with Gasteiger partial charge in [-0.05, 0) is 31.9 Å². The number of carbonyl (C=O) groups is 2. The first-order valence-electron chi connectivity index (χ1n) is 8.84. The summed E-state index contributed by atoms with van der Waals surface area (Å²) in [5.41, 5.74) is 1.81. The van der Waals surface area contributed by atoms with Gasteiger partial charge in [0.05, 0.1) is 18.2 Å². The summed E-state index contributed by atoms with van der Waals surface area (Å²) >= 11 is 0. The highest BCUT2D eigenvalue weighted by Gasteiger charge is 2.40. The van der Waals surface area contributed by atoms with Gasteiger partial charge in [0, 0.05) is 6.04 Å². The molecule has 1 aromatic carbocycles. The number of carbonyl (C=O) groups excluding carboxylic acids is 2. The number of amides is 2. The molecule has 1 saturated heterocycles. The van der Waals surface area contributed by atoms with E-state index in [0.29, 0.717) is 11.7 Å². The maximum absolute atomic E-state index is 12.7. The predicted octanol–water partition coefficient (Wildman–Crippen LogP) is 3.33. The minimum Gasteiger partial charge on any atom is -0.303 e. The van der Waals surface area contributed by atoms with Crippen molar-refractivity contribution in [1.29, 1.82) is 0 Å². The number of hydrogen-bond acceptors (Lipinski definition) is 3. The van der Waals surface area contributed by atoms with Crippen LogP contribution in [-0.2, 0) is 9.59 Å². The summed E-state index contributed by atoms with van der Waals surface area (Å²) in [6.07, 6.45) is 8.84. The van der Waals surface area contributed by atoms with Gasteiger partial charge >= 0.3 is 0 Å². The van der Waals surface area contributed by atoms with Crippen molar-refractivity contribution in [3.63, 3.8) is 0 Å². The summed E-state index contributed by atoms with van der Waals surface area (Å²) in [5.74, 6) is -0.192. The maximum atomic E-state index is 12.7. The molecular formula is C19H26N2O2. The molecule has 1 aliphatic carbocycles. The smallest absolute Gasteiger partial charge is 0.251 e. The van der Waals surface area contributed by atoms with Crippen molar-refractivity contribution in [1.82, 2.24) is 5.32 Å². The molecule has 4 heteroatoms. The molecule has 4 nitrogen and oxygen atoms in total. The van der Waals surface area contributed by atoms with Crippen LogP contribution < -0.4 is 10.2 Å². The Bertz CT molecular complexity index is 559. The summed E-state index contributed by atoms with van der Waals surface area (Å²) in [6, 6.07) is 7.59. The molecule has 0 spiro atoms. The Morgan fingerprint density at radius 2 is 1.57 bits per heavy atom. The largest absolute Gasteiger partial charge is 0.303 e. The van der Waals surface area contributed by atoms with Crippen molar-refractivity contribution in [3.05, 3.63) is 29.8 Å². The molecule has 23 heavy (non-hydrogen) atoms. The Hall–Kier alpha value is -1.68. The standard InChI is InChI=1S/C19H26N2O2/c1-14-9-11-16(12-10-14)21-18(22)13-17(19(21)23)20-15-7-5-3-2-4-6-8-15/h9-12,15,17,20H,2-8,13H2,1H3/t17-/m0/s1. The predicted molar refractivity (Wildman–Crippen MR) is 91.3 cm³/mol. The first kappa shape index (κ1) is 16.2. The normalized spacial score (nSPS) is 23.9. The van der Waals surface area contributed by atoms with Crippen molar-refractivity contribution in [3.8, 4) is 0 Å². The maximum Gasteiger partial charge on any atom is 0.251 e. The molecule has 0 radical (unpaired) electrons. The molecule has 1 N–H and O–H groups in total. The van der Waals surface area contributed by atoms with Gasteiger partial charge in [-0.3, -0.25) is 9.59 Å². The number of anilines is 1. The van der Waals surface area contributed by atoms with Gasteiger partial charge in [-0.1, -0.05) is 49.8 Å². The van der Waals surface area contributed by atoms with E-state index in [4.69, 9.17) is 0 Å². The van der Waals surface area contributed by atoms with Gasteiger partial charge in [-0.15, -0.1) is 0 Å². The van der Waals surface area contributed by atoms with E-state index in [9.17, 15) is 9.59 Å². The molecule has 1 aromatic rings. The van der Waals surface area contributed by atoms with Crippen molar-refractivity contribution < 1.29 is 9.59 Å². The zero-order chi connectivity index (χ0) is 16.2. The van der Waals surface area contributed by atoms with Gasteiger partial charge in [0.15, 0.2) is 0 Å². The third kappa shape index (κ3) is 3.81. The molecule has 2 amide bonds. The summed E-state index contributed by atoms with van der Waals surface area (Å²) in [6.45, 7) is 2.00. The second kappa shape index (κ2) is 7.26. The van der Waals surface area contributed by atoms with Crippen LogP contribution in [0.3, 0.4) is 0 Å².